The SMILES string of the molecule is C=CCOC(=O)C(C)(C)OC(=O)c1cc(CC2CC(=O)N(C)C(C(F)(F)F)=CC2=O)ccc1Cl. The number of hydrogen-bond donors (Lipinski definition) is 0. The van der Waals surface area contributed by atoms with E-state index in [0.717, 1.165) is 7.05 Å². The van der Waals surface area contributed by atoms with E-state index in [1.54, 1.807) is 0 Å². The van der Waals surface area contributed by atoms with Crippen molar-refractivity contribution >= 4 is 35.2 Å². The molecule has 1 aliphatic heterocycles. The van der Waals surface area contributed by atoms with Gasteiger partial charge in [-0.15, -0.1) is 0 Å². The van der Waals surface area contributed by atoms with Crippen LogP contribution in [0.3, 0.4) is 0 Å². The van der Waals surface area contributed by atoms with Crippen molar-refractivity contribution in [3.63, 3.8) is 0 Å². The summed E-state index contributed by atoms with van der Waals surface area (Å²) in [5, 5.41) is -0.00809. The molecule has 0 aromatic heterocycles. The van der Waals surface area contributed by atoms with E-state index in [1.807, 2.05) is 0 Å². The van der Waals surface area contributed by atoms with Crippen molar-refractivity contribution in [2.45, 2.75) is 38.5 Å². The second kappa shape index (κ2) is 10.4. The Morgan fingerprint density at radius 2 is 1.91 bits per heavy atom. The van der Waals surface area contributed by atoms with Crippen molar-refractivity contribution in [1.29, 1.82) is 0 Å². The summed E-state index contributed by atoms with van der Waals surface area (Å²) < 4.78 is 49.7. The standard InChI is InChI=1S/C23H23ClF3NO6/c1-5-8-33-21(32)22(2,3)34-20(31)15-10-13(6-7-16(15)24)9-14-11-19(30)28(4)18(12-17(14)29)23(25,26)27/h5-7,10,12,14H,1,8-9,11H2,2-4H3. The molecule has 1 aromatic rings. The lowest BCUT2D eigenvalue weighted by Crippen LogP contribution is -2.39. The number of allylic oxidation sites excluding steroid dienone is 2. The molecule has 1 aliphatic rings. The molecule has 1 atom stereocenters. The maximum Gasteiger partial charge on any atom is 0.431 e. The summed E-state index contributed by atoms with van der Waals surface area (Å²) in [5.41, 5.74) is -2.75. The molecule has 11 heteroatoms. The van der Waals surface area contributed by atoms with Crippen LogP contribution in [0.15, 0.2) is 42.6 Å². The van der Waals surface area contributed by atoms with E-state index in [-0.39, 0.29) is 23.6 Å². The Morgan fingerprint density at radius 3 is 2.50 bits per heavy atom. The average molecular weight is 502 g/mol. The summed E-state index contributed by atoms with van der Waals surface area (Å²) in [5.74, 6) is -4.57. The van der Waals surface area contributed by atoms with E-state index in [2.05, 4.69) is 6.58 Å². The van der Waals surface area contributed by atoms with E-state index in [0.29, 0.717) is 16.5 Å². The molecule has 0 saturated carbocycles. The summed E-state index contributed by atoms with van der Waals surface area (Å²) in [4.78, 5) is 49.9. The van der Waals surface area contributed by atoms with Gasteiger partial charge in [-0.2, -0.15) is 13.2 Å². The van der Waals surface area contributed by atoms with Crippen molar-refractivity contribution in [1.82, 2.24) is 4.90 Å². The van der Waals surface area contributed by atoms with Gasteiger partial charge in [-0.25, -0.2) is 9.59 Å². The molecule has 0 N–H and O–H groups in total. The number of nitrogens with zero attached hydrogens (tertiary/aromatic N) is 1. The number of ketones is 1. The summed E-state index contributed by atoms with van der Waals surface area (Å²) in [6, 6.07) is 4.13. The van der Waals surface area contributed by atoms with Gasteiger partial charge in [0.15, 0.2) is 5.78 Å². The van der Waals surface area contributed by atoms with Gasteiger partial charge in [0.25, 0.3) is 0 Å². The van der Waals surface area contributed by atoms with Crippen LogP contribution < -0.4 is 0 Å². The number of carbonyl (C=O) groups is 4. The second-order valence-electron chi connectivity index (χ2n) is 8.09. The third kappa shape index (κ3) is 6.47. The maximum atomic E-state index is 13.2. The fraction of sp³-hybridized carbons (Fsp3) is 0.391. The first-order chi connectivity index (χ1) is 15.7. The van der Waals surface area contributed by atoms with Crippen LogP contribution in [0.2, 0.25) is 5.02 Å². The molecule has 1 heterocycles. The molecule has 0 radical (unpaired) electrons. The van der Waals surface area contributed by atoms with Crippen LogP contribution in [0.1, 0.15) is 36.2 Å². The first-order valence-electron chi connectivity index (χ1n) is 10.1. The number of esters is 2. The number of amides is 1. The molecule has 34 heavy (non-hydrogen) atoms. The number of alkyl halides is 3. The van der Waals surface area contributed by atoms with Gasteiger partial charge in [-0.1, -0.05) is 30.3 Å². The number of rotatable bonds is 7. The Bertz CT molecular complexity index is 1050. The molecule has 2 rings (SSSR count). The molecule has 0 fully saturated rings. The normalized spacial score (nSPS) is 17.1. The first-order valence-corrected chi connectivity index (χ1v) is 10.4. The molecular weight excluding hydrogens is 479 g/mol. The zero-order valence-electron chi connectivity index (χ0n) is 18.7. The topological polar surface area (TPSA) is 90.0 Å². The molecule has 0 saturated heterocycles. The minimum absolute atomic E-state index is 0.00809. The van der Waals surface area contributed by atoms with Crippen LogP contribution in [0, 0.1) is 5.92 Å². The zero-order valence-corrected chi connectivity index (χ0v) is 19.5. The Labute approximate surface area is 199 Å². The van der Waals surface area contributed by atoms with Crippen molar-refractivity contribution in [3.05, 3.63) is 58.8 Å². The van der Waals surface area contributed by atoms with Crippen molar-refractivity contribution < 1.29 is 41.8 Å². The highest BCUT2D eigenvalue weighted by molar-refractivity contribution is 6.33. The lowest BCUT2D eigenvalue weighted by Gasteiger charge is -2.23. The highest BCUT2D eigenvalue weighted by atomic mass is 35.5. The number of benzene rings is 1. The Hall–Kier alpha value is -3.14. The third-order valence-corrected chi connectivity index (χ3v) is 5.36. The smallest absolute Gasteiger partial charge is 0.431 e. The lowest BCUT2D eigenvalue weighted by molar-refractivity contribution is -0.161. The third-order valence-electron chi connectivity index (χ3n) is 5.03. The van der Waals surface area contributed by atoms with Crippen LogP contribution in [-0.4, -0.2) is 54.0 Å². The predicted molar refractivity (Wildman–Crippen MR) is 116 cm³/mol. The molecule has 1 unspecified atom stereocenters. The minimum atomic E-state index is -4.87. The van der Waals surface area contributed by atoms with Crippen LogP contribution in [0.25, 0.3) is 0 Å². The summed E-state index contributed by atoms with van der Waals surface area (Å²) in [6.07, 6.45) is -3.68. The molecule has 0 spiro atoms. The molecule has 0 bridgehead atoms. The number of halogens is 4. The first kappa shape index (κ1) is 27.1. The van der Waals surface area contributed by atoms with Gasteiger partial charge in [-0.3, -0.25) is 9.59 Å². The molecule has 1 aromatic carbocycles. The average Bonchev–Trinajstić information content (AvgIpc) is 2.84. The molecule has 184 valence electrons. The van der Waals surface area contributed by atoms with Gasteiger partial charge >= 0.3 is 18.1 Å². The fourth-order valence-electron chi connectivity index (χ4n) is 3.15. The van der Waals surface area contributed by atoms with Crippen molar-refractivity contribution in [2.24, 2.45) is 5.92 Å². The second-order valence-corrected chi connectivity index (χ2v) is 8.50. The Balaban J connectivity index is 2.26. The fourth-order valence-corrected chi connectivity index (χ4v) is 3.35. The highest BCUT2D eigenvalue weighted by Gasteiger charge is 2.42. The van der Waals surface area contributed by atoms with Crippen LogP contribution in [0.5, 0.6) is 0 Å². The summed E-state index contributed by atoms with van der Waals surface area (Å²) in [7, 11) is 0.954. The lowest BCUT2D eigenvalue weighted by atomic mass is 9.91. The van der Waals surface area contributed by atoms with Gasteiger partial charge in [0, 0.05) is 25.5 Å². The monoisotopic (exact) mass is 501 g/mol. The van der Waals surface area contributed by atoms with Gasteiger partial charge in [-0.05, 0) is 38.0 Å². The number of hydrogen-bond acceptors (Lipinski definition) is 6. The van der Waals surface area contributed by atoms with E-state index >= 15 is 0 Å². The maximum absolute atomic E-state index is 13.2. The van der Waals surface area contributed by atoms with Gasteiger partial charge in [0.1, 0.15) is 12.3 Å². The van der Waals surface area contributed by atoms with Crippen LogP contribution in [0.4, 0.5) is 13.2 Å². The van der Waals surface area contributed by atoms with Gasteiger partial charge in [0.05, 0.1) is 10.6 Å². The van der Waals surface area contributed by atoms with Gasteiger partial charge < -0.3 is 14.4 Å². The predicted octanol–water partition coefficient (Wildman–Crippen LogP) is 4.04. The van der Waals surface area contributed by atoms with Crippen LogP contribution >= 0.6 is 11.6 Å². The minimum Gasteiger partial charge on any atom is -0.459 e. The van der Waals surface area contributed by atoms with Crippen molar-refractivity contribution in [3.8, 4) is 0 Å². The van der Waals surface area contributed by atoms with E-state index in [4.69, 9.17) is 21.1 Å². The quantitative estimate of drug-likeness (QED) is 0.414. The van der Waals surface area contributed by atoms with E-state index in [9.17, 15) is 32.3 Å². The largest absolute Gasteiger partial charge is 0.459 e. The van der Waals surface area contributed by atoms with E-state index in [1.165, 1.54) is 38.1 Å². The Kier molecular flexibility index (Phi) is 8.31. The molecule has 7 nitrogen and oxygen atoms in total. The zero-order chi connectivity index (χ0) is 25.8. The number of ether oxygens (including phenoxy) is 2. The molecule has 0 aliphatic carbocycles. The number of carbonyl (C=O) groups excluding carboxylic acids is 4. The van der Waals surface area contributed by atoms with E-state index < -0.39 is 53.4 Å². The summed E-state index contributed by atoms with van der Waals surface area (Å²) >= 11 is 6.10. The van der Waals surface area contributed by atoms with Crippen molar-refractivity contribution in [2.75, 3.05) is 13.7 Å². The van der Waals surface area contributed by atoms with Gasteiger partial charge in [0.2, 0.25) is 11.5 Å². The highest BCUT2D eigenvalue weighted by Crippen LogP contribution is 2.32. The summed E-state index contributed by atoms with van der Waals surface area (Å²) in [6.45, 7) is 5.99. The van der Waals surface area contributed by atoms with Crippen LogP contribution in [-0.2, 0) is 30.3 Å². The Morgan fingerprint density at radius 1 is 1.26 bits per heavy atom. The molecular formula is C23H23ClF3NO6. The molecule has 1 amide bonds.